The smallest absolute Gasteiger partial charge is 0.312 e. The molecule has 0 aliphatic carbocycles. The van der Waals surface area contributed by atoms with Crippen molar-refractivity contribution in [1.29, 1.82) is 0 Å². The van der Waals surface area contributed by atoms with Gasteiger partial charge >= 0.3 is 7.75 Å². The Bertz CT molecular complexity index is 637. The van der Waals surface area contributed by atoms with Crippen molar-refractivity contribution >= 4 is 7.75 Å². The molecule has 0 aromatic heterocycles. The predicted molar refractivity (Wildman–Crippen MR) is 80.1 cm³/mol. The minimum Gasteiger partial charge on any atom is -0.312 e. The summed E-state index contributed by atoms with van der Waals surface area (Å²) in [6, 6.07) is 15.8. The molecule has 0 spiro atoms. The Morgan fingerprint density at radius 2 is 1.75 bits per heavy atom. The topological polar surface area (TPSA) is 60.8 Å². The first kappa shape index (κ1) is 14.9. The van der Waals surface area contributed by atoms with Crippen molar-refractivity contribution in [2.45, 2.75) is 13.5 Å². The van der Waals surface area contributed by atoms with E-state index in [4.69, 9.17) is 0 Å². The zero-order chi connectivity index (χ0) is 14.8. The van der Waals surface area contributed by atoms with Gasteiger partial charge in [0.15, 0.2) is 0 Å². The first-order valence-corrected chi connectivity index (χ1v) is 7.86. The molecule has 0 aliphatic heterocycles. The maximum atomic E-state index is 11.3. The zero-order valence-corrected chi connectivity index (χ0v) is 12.4. The summed E-state index contributed by atoms with van der Waals surface area (Å²) in [6.07, 6.45) is 0. The number of benzene rings is 2. The van der Waals surface area contributed by atoms with Crippen LogP contribution in [0.5, 0.6) is 0 Å². The molecule has 2 N–H and O–H groups in total. The van der Waals surface area contributed by atoms with Crippen molar-refractivity contribution in [1.82, 2.24) is 4.67 Å². The first-order valence-electron chi connectivity index (χ1n) is 6.30. The maximum absolute atomic E-state index is 11.3. The van der Waals surface area contributed by atoms with Crippen LogP contribution in [0.3, 0.4) is 0 Å². The Balaban J connectivity index is 2.42. The molecular formula is C15H18NO3P. The zero-order valence-electron chi connectivity index (χ0n) is 11.5. The van der Waals surface area contributed by atoms with Crippen molar-refractivity contribution in [3.05, 3.63) is 59.7 Å². The van der Waals surface area contributed by atoms with Gasteiger partial charge in [-0.15, -0.1) is 0 Å². The number of rotatable bonds is 4. The third kappa shape index (κ3) is 3.56. The molecule has 0 saturated heterocycles. The lowest BCUT2D eigenvalue weighted by molar-refractivity contribution is 0.289. The van der Waals surface area contributed by atoms with Gasteiger partial charge in [-0.25, -0.2) is 9.24 Å². The Morgan fingerprint density at radius 1 is 1.10 bits per heavy atom. The summed E-state index contributed by atoms with van der Waals surface area (Å²) in [6.45, 7) is 2.21. The fourth-order valence-corrected chi connectivity index (χ4v) is 2.39. The monoisotopic (exact) mass is 291 g/mol. The largest absolute Gasteiger partial charge is 0.403 e. The Kier molecular flexibility index (Phi) is 4.41. The van der Waals surface area contributed by atoms with Gasteiger partial charge in [0.1, 0.15) is 0 Å². The highest BCUT2D eigenvalue weighted by Gasteiger charge is 2.21. The highest BCUT2D eigenvalue weighted by Crippen LogP contribution is 2.40. The normalized spacial score (nSPS) is 11.8. The molecule has 0 amide bonds. The third-order valence-electron chi connectivity index (χ3n) is 3.19. The van der Waals surface area contributed by atoms with Crippen LogP contribution in [0.4, 0.5) is 0 Å². The van der Waals surface area contributed by atoms with Gasteiger partial charge in [0.2, 0.25) is 0 Å². The van der Waals surface area contributed by atoms with E-state index in [9.17, 15) is 14.4 Å². The number of nitrogens with zero attached hydrogens (tertiary/aromatic N) is 1. The van der Waals surface area contributed by atoms with E-state index in [-0.39, 0.29) is 6.54 Å². The highest BCUT2D eigenvalue weighted by molar-refractivity contribution is 7.49. The Labute approximate surface area is 118 Å². The van der Waals surface area contributed by atoms with Crippen LogP contribution in [0.2, 0.25) is 0 Å². The fraction of sp³-hybridized carbons (Fsp3) is 0.200. The summed E-state index contributed by atoms with van der Waals surface area (Å²) in [5.41, 5.74) is 4.07. The van der Waals surface area contributed by atoms with Crippen LogP contribution >= 0.6 is 7.75 Å². The van der Waals surface area contributed by atoms with E-state index in [1.807, 2.05) is 55.5 Å². The molecule has 2 rings (SSSR count). The second kappa shape index (κ2) is 5.90. The Morgan fingerprint density at radius 3 is 2.35 bits per heavy atom. The molecule has 0 aliphatic rings. The van der Waals surface area contributed by atoms with Gasteiger partial charge in [0.05, 0.1) is 0 Å². The van der Waals surface area contributed by atoms with Crippen LogP contribution < -0.4 is 0 Å². The van der Waals surface area contributed by atoms with Gasteiger partial charge in [-0.2, -0.15) is 0 Å². The summed E-state index contributed by atoms with van der Waals surface area (Å²) in [5.74, 6) is 0. The molecule has 0 bridgehead atoms. The number of aryl methyl sites for hydroxylation is 1. The molecule has 2 aromatic carbocycles. The number of hydrogen-bond donors (Lipinski definition) is 2. The molecule has 0 atom stereocenters. The van der Waals surface area contributed by atoms with Crippen molar-refractivity contribution in [2.24, 2.45) is 0 Å². The second-order valence-corrected chi connectivity index (χ2v) is 6.57. The van der Waals surface area contributed by atoms with E-state index in [0.717, 1.165) is 26.9 Å². The van der Waals surface area contributed by atoms with Gasteiger partial charge in [-0.3, -0.25) is 0 Å². The summed E-state index contributed by atoms with van der Waals surface area (Å²) in [4.78, 5) is 18.4. The summed E-state index contributed by atoms with van der Waals surface area (Å²) in [5, 5.41) is 0. The second-order valence-electron chi connectivity index (χ2n) is 4.86. The quantitative estimate of drug-likeness (QED) is 0.849. The molecule has 0 radical (unpaired) electrons. The van der Waals surface area contributed by atoms with E-state index in [1.165, 1.54) is 7.05 Å². The lowest BCUT2D eigenvalue weighted by atomic mass is 9.97. The van der Waals surface area contributed by atoms with Gasteiger partial charge in [0, 0.05) is 6.54 Å². The van der Waals surface area contributed by atoms with Gasteiger partial charge in [0.25, 0.3) is 0 Å². The van der Waals surface area contributed by atoms with Crippen LogP contribution in [-0.4, -0.2) is 21.5 Å². The van der Waals surface area contributed by atoms with Crippen LogP contribution in [0.25, 0.3) is 11.1 Å². The lowest BCUT2D eigenvalue weighted by Gasteiger charge is -2.20. The van der Waals surface area contributed by atoms with Crippen LogP contribution in [-0.2, 0) is 11.1 Å². The lowest BCUT2D eigenvalue weighted by Crippen LogP contribution is -2.14. The summed E-state index contributed by atoms with van der Waals surface area (Å²) in [7, 11) is -2.79. The molecule has 0 heterocycles. The molecule has 0 fully saturated rings. The first-order chi connectivity index (χ1) is 9.38. The van der Waals surface area contributed by atoms with Crippen LogP contribution in [0, 0.1) is 6.92 Å². The summed E-state index contributed by atoms with van der Waals surface area (Å²) >= 11 is 0. The predicted octanol–water partition coefficient (Wildman–Crippen LogP) is 3.19. The van der Waals surface area contributed by atoms with Crippen LogP contribution in [0.15, 0.2) is 48.5 Å². The highest BCUT2D eigenvalue weighted by atomic mass is 31.2. The van der Waals surface area contributed by atoms with Gasteiger partial charge in [-0.05, 0) is 30.7 Å². The van der Waals surface area contributed by atoms with Gasteiger partial charge < -0.3 is 9.79 Å². The molecule has 106 valence electrons. The van der Waals surface area contributed by atoms with Crippen LogP contribution in [0.1, 0.15) is 11.1 Å². The average Bonchev–Trinajstić information content (AvgIpc) is 2.40. The Hall–Kier alpha value is -1.45. The van der Waals surface area contributed by atoms with E-state index in [0.29, 0.717) is 0 Å². The summed E-state index contributed by atoms with van der Waals surface area (Å²) < 4.78 is 12.3. The molecule has 2 aromatic rings. The maximum Gasteiger partial charge on any atom is 0.403 e. The molecule has 0 unspecified atom stereocenters. The van der Waals surface area contributed by atoms with Crippen molar-refractivity contribution in [2.75, 3.05) is 7.05 Å². The van der Waals surface area contributed by atoms with Gasteiger partial charge in [-0.1, -0.05) is 54.1 Å². The third-order valence-corrected chi connectivity index (χ3v) is 4.23. The van der Waals surface area contributed by atoms with Crippen molar-refractivity contribution in [3.63, 3.8) is 0 Å². The molecule has 20 heavy (non-hydrogen) atoms. The van der Waals surface area contributed by atoms with E-state index in [1.54, 1.807) is 0 Å². The SMILES string of the molecule is Cc1ccc(CN(C)P(=O)(O)O)c(-c2ccccc2)c1. The molecular weight excluding hydrogens is 273 g/mol. The molecule has 5 heteroatoms. The van der Waals surface area contributed by atoms with E-state index < -0.39 is 7.75 Å². The van der Waals surface area contributed by atoms with Crippen molar-refractivity contribution < 1.29 is 14.4 Å². The molecule has 0 saturated carbocycles. The standard InChI is InChI=1S/C15H18NO3P/c1-12-8-9-14(11-16(2)20(17,18)19)15(10-12)13-6-4-3-5-7-13/h3-10H,11H2,1-2H3,(H2,17,18,19). The molecule has 4 nitrogen and oxygen atoms in total. The minimum atomic E-state index is -4.21. The minimum absolute atomic E-state index is 0.203. The average molecular weight is 291 g/mol. The van der Waals surface area contributed by atoms with E-state index in [2.05, 4.69) is 0 Å². The van der Waals surface area contributed by atoms with Crippen molar-refractivity contribution in [3.8, 4) is 11.1 Å². The van der Waals surface area contributed by atoms with E-state index >= 15 is 0 Å². The fourth-order valence-electron chi connectivity index (χ4n) is 2.05. The number of hydrogen-bond acceptors (Lipinski definition) is 1.